The molecule has 0 aromatic carbocycles. The number of imidazole rings is 2. The van der Waals surface area contributed by atoms with Crippen LogP contribution >= 0.6 is 59.4 Å². The third kappa shape index (κ3) is 8.79. The fourth-order valence-corrected chi connectivity index (χ4v) is 4.95. The number of nitrogens with two attached hydrogens (primary N) is 3. The number of carbonyl (C=O) groups excluding carboxylic acids is 2. The average molecular weight is 776 g/mol. The summed E-state index contributed by atoms with van der Waals surface area (Å²) in [5.41, 5.74) is 18.2. The van der Waals surface area contributed by atoms with Gasteiger partial charge in [-0.3, -0.25) is 8.80 Å². The zero-order valence-electron chi connectivity index (χ0n) is 21.6. The van der Waals surface area contributed by atoms with E-state index in [0.29, 0.717) is 47.1 Å². The smallest absolute Gasteiger partial charge is 0.358 e. The van der Waals surface area contributed by atoms with E-state index in [9.17, 15) is 9.59 Å². The van der Waals surface area contributed by atoms with Gasteiger partial charge in [0.05, 0.1) is 13.2 Å². The lowest BCUT2D eigenvalue weighted by atomic mass is 10.4. The summed E-state index contributed by atoms with van der Waals surface area (Å²) in [7, 11) is 0. The summed E-state index contributed by atoms with van der Waals surface area (Å²) in [6.07, 6.45) is 3.12. The number of fused-ring (bicyclic) bond motifs is 2. The number of anilines is 3. The molecular formula is C25H24Br3ClN8O4. The fraction of sp³-hybridized carbons (Fsp3) is 0.160. The molecule has 0 amide bonds. The third-order valence-electron chi connectivity index (χ3n) is 4.85. The number of nitrogens with zero attached hydrogens (tertiary/aromatic N) is 5. The Kier molecular flexibility index (Phi) is 11.3. The molecule has 0 saturated carbocycles. The lowest BCUT2D eigenvalue weighted by Gasteiger charge is -1.98. The number of pyridine rings is 3. The molecule has 16 heteroatoms. The van der Waals surface area contributed by atoms with Crippen LogP contribution in [0.15, 0.2) is 62.2 Å². The molecular weight excluding hydrogens is 751 g/mol. The molecule has 0 aliphatic heterocycles. The van der Waals surface area contributed by atoms with Crippen molar-refractivity contribution in [1.82, 2.24) is 23.8 Å². The van der Waals surface area contributed by atoms with Crippen molar-refractivity contribution in [3.05, 3.63) is 78.8 Å². The largest absolute Gasteiger partial charge is 0.461 e. The Bertz CT molecular complexity index is 1560. The van der Waals surface area contributed by atoms with Crippen molar-refractivity contribution in [2.45, 2.75) is 13.8 Å². The highest BCUT2D eigenvalue weighted by Crippen LogP contribution is 2.21. The molecule has 5 heterocycles. The van der Waals surface area contributed by atoms with Crippen molar-refractivity contribution in [1.29, 1.82) is 0 Å². The van der Waals surface area contributed by atoms with Crippen LogP contribution in [-0.4, -0.2) is 48.9 Å². The minimum Gasteiger partial charge on any atom is -0.461 e. The van der Waals surface area contributed by atoms with Crippen molar-refractivity contribution in [2.24, 2.45) is 0 Å². The number of carbonyl (C=O) groups is 2. The zero-order chi connectivity index (χ0) is 30.3. The Hall–Kier alpha value is -3.40. The van der Waals surface area contributed by atoms with Gasteiger partial charge in [0.1, 0.15) is 33.9 Å². The number of hydrogen-bond donors (Lipinski definition) is 3. The van der Waals surface area contributed by atoms with Gasteiger partial charge < -0.3 is 26.7 Å². The van der Waals surface area contributed by atoms with E-state index in [1.54, 1.807) is 71.4 Å². The maximum Gasteiger partial charge on any atom is 0.358 e. The van der Waals surface area contributed by atoms with E-state index in [-0.39, 0.29) is 11.4 Å². The maximum absolute atomic E-state index is 11.5. The standard InChI is InChI=1S/C10H8BrClN2O2.C10H10BrN3O2.C5H6BrN3/c2*1-2-16-10(15)7-5-14-8(12)3-6(11)4-9(14)13-7;6-3-1-4(7)9-5(8)2-3/h3-5H,2H2,1H3;3-5H,2,12H2,1H3;1-2H,(H4,7,8,9). The normalized spacial score (nSPS) is 10.4. The van der Waals surface area contributed by atoms with E-state index in [1.165, 1.54) is 0 Å². The van der Waals surface area contributed by atoms with Gasteiger partial charge in [0.2, 0.25) is 0 Å². The van der Waals surface area contributed by atoms with Crippen LogP contribution in [0, 0.1) is 0 Å². The van der Waals surface area contributed by atoms with E-state index in [4.69, 9.17) is 38.3 Å². The molecule has 0 aliphatic rings. The maximum atomic E-state index is 11.5. The Labute approximate surface area is 264 Å². The summed E-state index contributed by atoms with van der Waals surface area (Å²) in [5.74, 6) is 0.483. The molecule has 5 rings (SSSR count). The second-order valence-corrected chi connectivity index (χ2v) is 11.0. The van der Waals surface area contributed by atoms with Crippen LogP contribution in [0.1, 0.15) is 34.8 Å². The summed E-state index contributed by atoms with van der Waals surface area (Å²) in [5, 5.41) is 0.479. The van der Waals surface area contributed by atoms with E-state index in [2.05, 4.69) is 62.7 Å². The van der Waals surface area contributed by atoms with E-state index in [1.807, 2.05) is 0 Å². The van der Waals surface area contributed by atoms with Crippen LogP contribution in [0.4, 0.5) is 17.5 Å². The van der Waals surface area contributed by atoms with Gasteiger partial charge in [-0.05, 0) is 50.2 Å². The molecule has 41 heavy (non-hydrogen) atoms. The molecule has 0 atom stereocenters. The predicted molar refractivity (Wildman–Crippen MR) is 168 cm³/mol. The summed E-state index contributed by atoms with van der Waals surface area (Å²) < 4.78 is 15.5. The molecule has 0 aliphatic carbocycles. The number of aromatic nitrogens is 5. The highest BCUT2D eigenvalue weighted by atomic mass is 79.9. The van der Waals surface area contributed by atoms with Gasteiger partial charge in [-0.15, -0.1) is 0 Å². The molecule has 5 aromatic heterocycles. The summed E-state index contributed by atoms with van der Waals surface area (Å²) >= 11 is 15.8. The summed E-state index contributed by atoms with van der Waals surface area (Å²) in [6.45, 7) is 4.14. The second-order valence-electron chi connectivity index (χ2n) is 7.88. The Morgan fingerprint density at radius 3 is 1.66 bits per heavy atom. The molecule has 0 fully saturated rings. The van der Waals surface area contributed by atoms with Crippen LogP contribution in [-0.2, 0) is 9.47 Å². The Balaban J connectivity index is 0.000000176. The SMILES string of the molecule is CCOC(=O)c1cn2c(Cl)cc(Br)cc2n1.CCOC(=O)c1cn2c(N)cc(Br)cc2n1.Nc1cc(Br)cc(N)n1. The molecule has 0 saturated heterocycles. The highest BCUT2D eigenvalue weighted by Gasteiger charge is 2.14. The average Bonchev–Trinajstić information content (AvgIpc) is 3.49. The molecule has 0 unspecified atom stereocenters. The second kappa shape index (κ2) is 14.5. The first-order valence-corrected chi connectivity index (χ1v) is 14.5. The van der Waals surface area contributed by atoms with Gasteiger partial charge >= 0.3 is 11.9 Å². The number of ether oxygens (including phenoxy) is 2. The van der Waals surface area contributed by atoms with Crippen molar-refractivity contribution in [3.8, 4) is 0 Å². The lowest BCUT2D eigenvalue weighted by molar-refractivity contribution is 0.0511. The number of hydrogen-bond acceptors (Lipinski definition) is 10. The zero-order valence-corrected chi connectivity index (χ0v) is 27.2. The molecule has 0 radical (unpaired) electrons. The molecule has 12 nitrogen and oxygen atoms in total. The van der Waals surface area contributed by atoms with Crippen LogP contribution in [0.25, 0.3) is 11.3 Å². The topological polar surface area (TPSA) is 178 Å². The Morgan fingerprint density at radius 1 is 0.732 bits per heavy atom. The van der Waals surface area contributed by atoms with Crippen LogP contribution in [0.2, 0.25) is 5.15 Å². The molecule has 0 spiro atoms. The monoisotopic (exact) mass is 772 g/mol. The van der Waals surface area contributed by atoms with Gasteiger partial charge in [0.15, 0.2) is 11.4 Å². The predicted octanol–water partition coefficient (Wildman–Crippen LogP) is 5.79. The van der Waals surface area contributed by atoms with Crippen LogP contribution in [0.5, 0.6) is 0 Å². The van der Waals surface area contributed by atoms with Crippen molar-refractivity contribution >= 4 is 100 Å². The van der Waals surface area contributed by atoms with Gasteiger partial charge in [0, 0.05) is 25.8 Å². The summed E-state index contributed by atoms with van der Waals surface area (Å²) in [4.78, 5) is 34.9. The summed E-state index contributed by atoms with van der Waals surface area (Å²) in [6, 6.07) is 10.4. The Morgan fingerprint density at radius 2 is 1.17 bits per heavy atom. The highest BCUT2D eigenvalue weighted by molar-refractivity contribution is 9.11. The van der Waals surface area contributed by atoms with E-state index < -0.39 is 11.9 Å². The fourth-order valence-electron chi connectivity index (χ4n) is 3.24. The van der Waals surface area contributed by atoms with Crippen molar-refractivity contribution < 1.29 is 19.1 Å². The minimum atomic E-state index is -0.446. The first kappa shape index (κ1) is 32.1. The van der Waals surface area contributed by atoms with Crippen molar-refractivity contribution in [2.75, 3.05) is 30.4 Å². The van der Waals surface area contributed by atoms with Gasteiger partial charge in [-0.2, -0.15) is 0 Å². The lowest BCUT2D eigenvalue weighted by Crippen LogP contribution is -2.04. The number of esters is 2. The first-order chi connectivity index (χ1) is 19.4. The number of halogens is 4. The number of nitrogen functional groups attached to an aromatic ring is 3. The van der Waals surface area contributed by atoms with Gasteiger partial charge in [-0.1, -0.05) is 59.4 Å². The van der Waals surface area contributed by atoms with Gasteiger partial charge in [0.25, 0.3) is 0 Å². The van der Waals surface area contributed by atoms with E-state index >= 15 is 0 Å². The quantitative estimate of drug-likeness (QED) is 0.150. The minimum absolute atomic E-state index is 0.252. The van der Waals surface area contributed by atoms with E-state index in [0.717, 1.165) is 13.4 Å². The number of rotatable bonds is 4. The van der Waals surface area contributed by atoms with Crippen LogP contribution in [0.3, 0.4) is 0 Å². The molecule has 6 N–H and O–H groups in total. The molecule has 0 bridgehead atoms. The van der Waals surface area contributed by atoms with Crippen LogP contribution < -0.4 is 17.2 Å². The van der Waals surface area contributed by atoms with Crippen molar-refractivity contribution in [3.63, 3.8) is 0 Å². The van der Waals surface area contributed by atoms with Gasteiger partial charge in [-0.25, -0.2) is 24.5 Å². The molecule has 216 valence electrons. The molecule has 5 aromatic rings. The third-order valence-corrected chi connectivity index (χ3v) is 6.52. The first-order valence-electron chi connectivity index (χ1n) is 11.7.